The van der Waals surface area contributed by atoms with E-state index in [0.717, 1.165) is 16.0 Å². The second-order valence-corrected chi connectivity index (χ2v) is 6.49. The molecule has 3 aromatic rings. The van der Waals surface area contributed by atoms with Gasteiger partial charge in [0.1, 0.15) is 5.76 Å². The molecule has 6 heteroatoms. The number of carbonyl (C=O) groups excluding carboxylic acids is 1. The van der Waals surface area contributed by atoms with Gasteiger partial charge < -0.3 is 14.8 Å². The molecule has 0 aliphatic carbocycles. The fraction of sp³-hybridized carbons (Fsp3) is 0.222. The van der Waals surface area contributed by atoms with Crippen LogP contribution in [0.3, 0.4) is 0 Å². The minimum Gasteiger partial charge on any atom is -0.440 e. The highest BCUT2D eigenvalue weighted by atomic mass is 32.1. The quantitative estimate of drug-likeness (QED) is 0.744. The number of amides is 1. The Morgan fingerprint density at radius 2 is 2.04 bits per heavy atom. The maximum Gasteiger partial charge on any atom is 0.273 e. The van der Waals surface area contributed by atoms with Crippen LogP contribution in [0.4, 0.5) is 0 Å². The molecule has 0 saturated carbocycles. The summed E-state index contributed by atoms with van der Waals surface area (Å²) in [6.07, 6.45) is -0.765. The van der Waals surface area contributed by atoms with Crippen molar-refractivity contribution in [2.45, 2.75) is 20.0 Å². The average molecular weight is 342 g/mol. The number of aliphatic hydroxyl groups excluding tert-OH is 1. The highest BCUT2D eigenvalue weighted by Gasteiger charge is 2.19. The van der Waals surface area contributed by atoms with Crippen molar-refractivity contribution in [1.29, 1.82) is 0 Å². The molecule has 0 radical (unpaired) electrons. The Bertz CT molecular complexity index is 823. The van der Waals surface area contributed by atoms with Crippen LogP contribution in [-0.4, -0.2) is 22.5 Å². The molecular formula is C18H18N2O3S. The van der Waals surface area contributed by atoms with Gasteiger partial charge in [0.05, 0.1) is 11.0 Å². The van der Waals surface area contributed by atoms with Gasteiger partial charge in [0, 0.05) is 6.54 Å². The summed E-state index contributed by atoms with van der Waals surface area (Å²) in [6.45, 7) is 3.80. The van der Waals surface area contributed by atoms with E-state index in [0.29, 0.717) is 11.7 Å². The topological polar surface area (TPSA) is 75.4 Å². The zero-order valence-corrected chi connectivity index (χ0v) is 14.3. The molecule has 5 nitrogen and oxygen atoms in total. The Morgan fingerprint density at radius 3 is 2.71 bits per heavy atom. The zero-order chi connectivity index (χ0) is 17.1. The number of carbonyl (C=O) groups is 1. The molecule has 3 rings (SSSR count). The van der Waals surface area contributed by atoms with E-state index in [4.69, 9.17) is 4.42 Å². The van der Waals surface area contributed by atoms with Crippen molar-refractivity contribution in [2.24, 2.45) is 0 Å². The maximum absolute atomic E-state index is 12.3. The third kappa shape index (κ3) is 3.55. The molecule has 1 aromatic carbocycles. The van der Waals surface area contributed by atoms with E-state index in [1.807, 2.05) is 48.7 Å². The van der Waals surface area contributed by atoms with Crippen molar-refractivity contribution >= 4 is 17.2 Å². The van der Waals surface area contributed by atoms with Crippen molar-refractivity contribution in [3.63, 3.8) is 0 Å². The number of oxazole rings is 1. The molecule has 0 unspecified atom stereocenters. The lowest BCUT2D eigenvalue weighted by Crippen LogP contribution is -2.29. The van der Waals surface area contributed by atoms with Gasteiger partial charge in [0.25, 0.3) is 5.91 Å². The Balaban J connectivity index is 1.66. The highest BCUT2D eigenvalue weighted by molar-refractivity contribution is 7.13. The summed E-state index contributed by atoms with van der Waals surface area (Å²) in [5.74, 6) is 0.540. The number of rotatable bonds is 5. The summed E-state index contributed by atoms with van der Waals surface area (Å²) in [6, 6.07) is 11.3. The smallest absolute Gasteiger partial charge is 0.273 e. The predicted octanol–water partition coefficient (Wildman–Crippen LogP) is 3.48. The number of nitrogens with zero attached hydrogens (tertiary/aromatic N) is 1. The minimum absolute atomic E-state index is 0.114. The SMILES string of the molecule is Cc1ccc([C@H](O)CNC(=O)c2nc(-c3cccs3)oc2C)cc1. The molecule has 124 valence electrons. The fourth-order valence-corrected chi connectivity index (χ4v) is 2.94. The van der Waals surface area contributed by atoms with Crippen LogP contribution < -0.4 is 5.32 Å². The van der Waals surface area contributed by atoms with E-state index in [2.05, 4.69) is 10.3 Å². The Kier molecular flexibility index (Phi) is 4.78. The lowest BCUT2D eigenvalue weighted by Gasteiger charge is -2.12. The summed E-state index contributed by atoms with van der Waals surface area (Å²) in [5.41, 5.74) is 2.13. The number of hydrogen-bond donors (Lipinski definition) is 2. The fourth-order valence-electron chi connectivity index (χ4n) is 2.29. The molecule has 0 aliphatic rings. The molecule has 0 spiro atoms. The van der Waals surface area contributed by atoms with Crippen molar-refractivity contribution in [3.05, 3.63) is 64.4 Å². The number of nitrogens with one attached hydrogen (secondary N) is 1. The molecule has 1 amide bonds. The van der Waals surface area contributed by atoms with Crippen molar-refractivity contribution < 1.29 is 14.3 Å². The predicted molar refractivity (Wildman–Crippen MR) is 93.0 cm³/mol. The number of aliphatic hydroxyl groups is 1. The summed E-state index contributed by atoms with van der Waals surface area (Å²) >= 11 is 1.50. The van der Waals surface area contributed by atoms with Gasteiger partial charge in [-0.25, -0.2) is 4.98 Å². The first kappa shape index (κ1) is 16.4. The van der Waals surface area contributed by atoms with E-state index in [1.54, 1.807) is 6.92 Å². The van der Waals surface area contributed by atoms with Gasteiger partial charge in [-0.15, -0.1) is 11.3 Å². The molecule has 2 N–H and O–H groups in total. The van der Waals surface area contributed by atoms with E-state index >= 15 is 0 Å². The zero-order valence-electron chi connectivity index (χ0n) is 13.4. The maximum atomic E-state index is 12.3. The number of aromatic nitrogens is 1. The third-order valence-corrected chi connectivity index (χ3v) is 4.52. The third-order valence-electron chi connectivity index (χ3n) is 3.66. The minimum atomic E-state index is -0.765. The van der Waals surface area contributed by atoms with Gasteiger partial charge in [-0.3, -0.25) is 4.79 Å². The van der Waals surface area contributed by atoms with Crippen LogP contribution in [0, 0.1) is 13.8 Å². The summed E-state index contributed by atoms with van der Waals surface area (Å²) in [5, 5.41) is 14.8. The van der Waals surface area contributed by atoms with Gasteiger partial charge in [0.2, 0.25) is 5.89 Å². The van der Waals surface area contributed by atoms with Crippen molar-refractivity contribution in [2.75, 3.05) is 6.54 Å². The Hall–Kier alpha value is -2.44. The number of thiophene rings is 1. The standard InChI is InChI=1S/C18H18N2O3S/c1-11-5-7-13(8-6-11)14(21)10-19-17(22)16-12(2)23-18(20-16)15-4-3-9-24-15/h3-9,14,21H,10H2,1-2H3,(H,19,22)/t14-/m1/s1. The van der Waals surface area contributed by atoms with Gasteiger partial charge >= 0.3 is 0 Å². The first-order valence-electron chi connectivity index (χ1n) is 7.58. The largest absolute Gasteiger partial charge is 0.440 e. The first-order chi connectivity index (χ1) is 11.5. The van der Waals surface area contributed by atoms with Crippen molar-refractivity contribution in [1.82, 2.24) is 10.3 Å². The average Bonchev–Trinajstić information content (AvgIpc) is 3.22. The molecule has 0 bridgehead atoms. The van der Waals surface area contributed by atoms with Gasteiger partial charge in [-0.2, -0.15) is 0 Å². The van der Waals surface area contributed by atoms with Gasteiger partial charge in [-0.1, -0.05) is 35.9 Å². The molecule has 0 fully saturated rings. The molecule has 24 heavy (non-hydrogen) atoms. The number of aryl methyl sites for hydroxylation is 2. The second-order valence-electron chi connectivity index (χ2n) is 5.54. The number of benzene rings is 1. The Morgan fingerprint density at radius 1 is 1.29 bits per heavy atom. The summed E-state index contributed by atoms with van der Waals surface area (Å²) in [7, 11) is 0. The summed E-state index contributed by atoms with van der Waals surface area (Å²) in [4.78, 5) is 17.4. The van der Waals surface area contributed by atoms with E-state index in [-0.39, 0.29) is 18.1 Å². The summed E-state index contributed by atoms with van der Waals surface area (Å²) < 4.78 is 5.56. The second kappa shape index (κ2) is 6.98. The normalized spacial score (nSPS) is 12.1. The monoisotopic (exact) mass is 342 g/mol. The van der Waals surface area contributed by atoms with Crippen LogP contribution in [-0.2, 0) is 0 Å². The van der Waals surface area contributed by atoms with E-state index in [1.165, 1.54) is 11.3 Å². The number of hydrogen-bond acceptors (Lipinski definition) is 5. The Labute approximate surface area is 144 Å². The van der Waals surface area contributed by atoms with Crippen LogP contribution in [0.25, 0.3) is 10.8 Å². The molecule has 0 saturated heterocycles. The molecule has 2 aromatic heterocycles. The lowest BCUT2D eigenvalue weighted by atomic mass is 10.1. The van der Waals surface area contributed by atoms with E-state index in [9.17, 15) is 9.90 Å². The van der Waals surface area contributed by atoms with Gasteiger partial charge in [-0.05, 0) is 30.9 Å². The molecule has 2 heterocycles. The molecule has 1 atom stereocenters. The van der Waals surface area contributed by atoms with Crippen molar-refractivity contribution in [3.8, 4) is 10.8 Å². The van der Waals surface area contributed by atoms with Crippen LogP contribution >= 0.6 is 11.3 Å². The van der Waals surface area contributed by atoms with Crippen LogP contribution in [0.2, 0.25) is 0 Å². The van der Waals surface area contributed by atoms with E-state index < -0.39 is 6.10 Å². The molecule has 0 aliphatic heterocycles. The highest BCUT2D eigenvalue weighted by Crippen LogP contribution is 2.25. The van der Waals surface area contributed by atoms with Gasteiger partial charge in [0.15, 0.2) is 5.69 Å². The first-order valence-corrected chi connectivity index (χ1v) is 8.46. The van der Waals surface area contributed by atoms with Crippen LogP contribution in [0.1, 0.15) is 33.5 Å². The lowest BCUT2D eigenvalue weighted by molar-refractivity contribution is 0.0910. The van der Waals surface area contributed by atoms with Crippen LogP contribution in [0.5, 0.6) is 0 Å². The van der Waals surface area contributed by atoms with Crippen LogP contribution in [0.15, 0.2) is 46.2 Å². The molecular weight excluding hydrogens is 324 g/mol.